The third-order valence-corrected chi connectivity index (χ3v) is 8.70. The van der Waals surface area contributed by atoms with Crippen LogP contribution in [0, 0.1) is 5.92 Å². The fraction of sp³-hybridized carbons (Fsp3) is 0.433. The molecule has 39 heavy (non-hydrogen) atoms. The number of hydrogen-bond acceptors (Lipinski definition) is 5. The van der Waals surface area contributed by atoms with E-state index in [1.807, 2.05) is 54.8 Å². The van der Waals surface area contributed by atoms with Crippen LogP contribution in [-0.4, -0.2) is 49.5 Å². The van der Waals surface area contributed by atoms with Crippen molar-refractivity contribution in [3.05, 3.63) is 53.9 Å². The number of aromatic nitrogens is 3. The first-order valence-corrected chi connectivity index (χ1v) is 13.7. The van der Waals surface area contributed by atoms with E-state index in [-0.39, 0.29) is 24.0 Å². The number of aromatic hydroxyl groups is 1. The Morgan fingerprint density at radius 2 is 1.90 bits per heavy atom. The number of benzene rings is 2. The third kappa shape index (κ3) is 4.02. The summed E-state index contributed by atoms with van der Waals surface area (Å²) in [5, 5.41) is 21.8. The lowest BCUT2D eigenvalue weighted by molar-refractivity contribution is -0.143. The molecule has 9 nitrogen and oxygen atoms in total. The van der Waals surface area contributed by atoms with E-state index < -0.39 is 18.0 Å². The number of carboxylic acid groups (broad SMARTS) is 1. The number of carboxylic acids is 1. The van der Waals surface area contributed by atoms with Crippen molar-refractivity contribution >= 4 is 39.7 Å². The molecule has 0 spiro atoms. The van der Waals surface area contributed by atoms with E-state index >= 15 is 0 Å². The minimum Gasteiger partial charge on any atom is -0.494 e. The van der Waals surface area contributed by atoms with Crippen LogP contribution in [0.2, 0.25) is 0 Å². The number of carbonyl (C=O) groups excluding carboxylic acids is 1. The number of hydrogen-bond donors (Lipinski definition) is 2. The molecule has 2 aromatic heterocycles. The average molecular weight is 531 g/mol. The highest BCUT2D eigenvalue weighted by Crippen LogP contribution is 2.43. The number of rotatable bonds is 4. The molecule has 0 radical (unpaired) electrons. The fourth-order valence-corrected chi connectivity index (χ4v) is 6.78. The number of ether oxygens (including phenoxy) is 1. The van der Waals surface area contributed by atoms with Crippen molar-refractivity contribution in [3.63, 3.8) is 0 Å². The van der Waals surface area contributed by atoms with E-state index in [4.69, 9.17) is 9.72 Å². The van der Waals surface area contributed by atoms with Gasteiger partial charge in [-0.05, 0) is 64.2 Å². The molecule has 3 heterocycles. The first-order chi connectivity index (χ1) is 18.8. The maximum Gasteiger partial charge on any atom is 0.414 e. The van der Waals surface area contributed by atoms with Crippen LogP contribution < -0.4 is 4.90 Å². The van der Waals surface area contributed by atoms with Gasteiger partial charge in [-0.25, -0.2) is 9.78 Å². The molecule has 1 saturated carbocycles. The van der Waals surface area contributed by atoms with Gasteiger partial charge in [-0.2, -0.15) is 0 Å². The molecule has 4 atom stereocenters. The van der Waals surface area contributed by atoms with Gasteiger partial charge in [0.2, 0.25) is 0 Å². The molecule has 6 rings (SSSR count). The number of aryl methyl sites for hydroxylation is 1. The number of aliphatic carboxylic acids is 1. The number of para-hydroxylation sites is 1. The maximum atomic E-state index is 12.7. The molecule has 4 aromatic rings. The molecule has 204 valence electrons. The summed E-state index contributed by atoms with van der Waals surface area (Å²) in [7, 11) is 1.40. The van der Waals surface area contributed by atoms with Crippen molar-refractivity contribution in [1.29, 1.82) is 0 Å². The van der Waals surface area contributed by atoms with Crippen molar-refractivity contribution in [1.82, 2.24) is 14.1 Å². The van der Waals surface area contributed by atoms with Crippen molar-refractivity contribution in [2.75, 3.05) is 12.0 Å². The largest absolute Gasteiger partial charge is 0.494 e. The highest BCUT2D eigenvalue weighted by Gasteiger charge is 2.35. The predicted octanol–water partition coefficient (Wildman–Crippen LogP) is 6.03. The molecule has 2 aromatic carbocycles. The molecular formula is C30H34N4O5. The van der Waals surface area contributed by atoms with Gasteiger partial charge in [0.1, 0.15) is 5.82 Å². The molecule has 9 heteroatoms. The second-order valence-corrected chi connectivity index (χ2v) is 11.0. The van der Waals surface area contributed by atoms with E-state index in [9.17, 15) is 19.8 Å². The topological polar surface area (TPSA) is 110 Å². The van der Waals surface area contributed by atoms with Crippen LogP contribution in [0.15, 0.2) is 42.5 Å². The molecular weight excluding hydrogens is 496 g/mol. The van der Waals surface area contributed by atoms with Crippen LogP contribution in [0.5, 0.6) is 5.88 Å². The second-order valence-electron chi connectivity index (χ2n) is 11.0. The Labute approximate surface area is 226 Å². The molecule has 0 unspecified atom stereocenters. The number of amides is 1. The summed E-state index contributed by atoms with van der Waals surface area (Å²) >= 11 is 0. The Hall–Kier alpha value is -4.01. The van der Waals surface area contributed by atoms with E-state index in [0.29, 0.717) is 12.8 Å². The van der Waals surface area contributed by atoms with Crippen LogP contribution in [-0.2, 0) is 16.0 Å². The maximum absolute atomic E-state index is 12.7. The highest BCUT2D eigenvalue weighted by atomic mass is 16.5. The first-order valence-electron chi connectivity index (χ1n) is 13.7. The number of carbonyl (C=O) groups is 2. The van der Waals surface area contributed by atoms with E-state index in [2.05, 4.69) is 4.57 Å². The standard InChI is InChI=1S/C30H34N4O5/c1-17-11-12-22-24(32(17)30(38)39-3)13-14-25-27(22)31-28(34(25)21-9-6-8-20(15-21)29(36)37)18(2)33-23-10-5-4-7-19(23)16-26(33)35/h4-5,7,10,13-14,16-18,20-21,35H,6,8-9,11-12,15H2,1-3H3,(H,36,37)/t17-,18+,20+,21+/m0/s1. The summed E-state index contributed by atoms with van der Waals surface area (Å²) in [6, 6.07) is 13.2. The Morgan fingerprint density at radius 1 is 1.10 bits per heavy atom. The zero-order chi connectivity index (χ0) is 27.4. The van der Waals surface area contributed by atoms with Crippen molar-refractivity contribution in [2.45, 2.75) is 70.5 Å². The number of anilines is 1. The lowest BCUT2D eigenvalue weighted by Crippen LogP contribution is -2.42. The van der Waals surface area contributed by atoms with Crippen LogP contribution in [0.1, 0.15) is 69.4 Å². The van der Waals surface area contributed by atoms with Gasteiger partial charge in [0.25, 0.3) is 0 Å². The Morgan fingerprint density at radius 3 is 2.67 bits per heavy atom. The van der Waals surface area contributed by atoms with Crippen LogP contribution in [0.25, 0.3) is 21.9 Å². The van der Waals surface area contributed by atoms with Crippen LogP contribution in [0.3, 0.4) is 0 Å². The van der Waals surface area contributed by atoms with E-state index in [1.165, 1.54) is 7.11 Å². The Balaban J connectivity index is 1.57. The van der Waals surface area contributed by atoms with Crippen molar-refractivity contribution in [3.8, 4) is 5.88 Å². The molecule has 1 aliphatic heterocycles. The number of fused-ring (bicyclic) bond motifs is 4. The summed E-state index contributed by atoms with van der Waals surface area (Å²) < 4.78 is 9.20. The fourth-order valence-electron chi connectivity index (χ4n) is 6.78. The number of imidazole rings is 1. The summed E-state index contributed by atoms with van der Waals surface area (Å²) in [6.07, 6.45) is 4.05. The molecule has 0 bridgehead atoms. The van der Waals surface area contributed by atoms with E-state index in [0.717, 1.165) is 64.7 Å². The summed E-state index contributed by atoms with van der Waals surface area (Å²) in [5.74, 6) is -0.234. The number of nitrogens with zero attached hydrogens (tertiary/aromatic N) is 4. The molecule has 2 N–H and O–H groups in total. The summed E-state index contributed by atoms with van der Waals surface area (Å²) in [4.78, 5) is 31.6. The zero-order valence-electron chi connectivity index (χ0n) is 22.5. The number of methoxy groups -OCH3 is 1. The Bertz CT molecular complexity index is 1590. The zero-order valence-corrected chi connectivity index (χ0v) is 22.5. The summed E-state index contributed by atoms with van der Waals surface area (Å²) in [6.45, 7) is 4.04. The molecule has 1 aliphatic carbocycles. The summed E-state index contributed by atoms with van der Waals surface area (Å²) in [5.41, 5.74) is 4.46. The third-order valence-electron chi connectivity index (χ3n) is 8.70. The predicted molar refractivity (Wildman–Crippen MR) is 148 cm³/mol. The van der Waals surface area contributed by atoms with Gasteiger partial charge in [0.05, 0.1) is 41.3 Å². The second kappa shape index (κ2) is 9.63. The van der Waals surface area contributed by atoms with Gasteiger partial charge in [-0.1, -0.05) is 24.6 Å². The van der Waals surface area contributed by atoms with Gasteiger partial charge < -0.3 is 24.1 Å². The molecule has 2 aliphatic rings. The van der Waals surface area contributed by atoms with Crippen LogP contribution >= 0.6 is 0 Å². The minimum atomic E-state index is -0.757. The van der Waals surface area contributed by atoms with Crippen molar-refractivity contribution in [2.24, 2.45) is 5.92 Å². The van der Waals surface area contributed by atoms with Gasteiger partial charge in [0, 0.05) is 29.1 Å². The monoisotopic (exact) mass is 530 g/mol. The highest BCUT2D eigenvalue weighted by molar-refractivity contribution is 5.95. The smallest absolute Gasteiger partial charge is 0.414 e. The minimum absolute atomic E-state index is 0.000680. The normalized spacial score (nSPS) is 22.1. The molecule has 0 saturated heterocycles. The molecule has 1 amide bonds. The molecule has 1 fully saturated rings. The van der Waals surface area contributed by atoms with Gasteiger partial charge in [0.15, 0.2) is 5.88 Å². The quantitative estimate of drug-likeness (QED) is 0.333. The van der Waals surface area contributed by atoms with Gasteiger partial charge >= 0.3 is 12.1 Å². The van der Waals surface area contributed by atoms with Crippen LogP contribution in [0.4, 0.5) is 10.5 Å². The average Bonchev–Trinajstić information content (AvgIpc) is 3.49. The first kappa shape index (κ1) is 25.3. The van der Waals surface area contributed by atoms with Crippen molar-refractivity contribution < 1.29 is 24.5 Å². The van der Waals surface area contributed by atoms with Gasteiger partial charge in [-0.15, -0.1) is 0 Å². The lowest BCUT2D eigenvalue weighted by Gasteiger charge is -2.34. The van der Waals surface area contributed by atoms with Gasteiger partial charge in [-0.3, -0.25) is 9.69 Å². The van der Waals surface area contributed by atoms with E-state index in [1.54, 1.807) is 11.0 Å². The lowest BCUT2D eigenvalue weighted by atomic mass is 9.85. The SMILES string of the molecule is COC(=O)N1c2ccc3c(nc([C@@H](C)n4c(O)cc5ccccc54)n3[C@@H]3CCC[C@@H](C(=O)O)C3)c2CC[C@@H]1C. The Kier molecular flexibility index (Phi) is 6.24.